The second kappa shape index (κ2) is 7.66. The molecule has 5 heteroatoms. The number of rotatable bonds is 5. The highest BCUT2D eigenvalue weighted by Crippen LogP contribution is 2.24. The number of amides is 1. The molecular formula is C22H24N2O3. The third-order valence-electron chi connectivity index (χ3n) is 4.77. The second-order valence-corrected chi connectivity index (χ2v) is 6.62. The van der Waals surface area contributed by atoms with E-state index in [1.165, 1.54) is 0 Å². The maximum absolute atomic E-state index is 12.9. The Balaban J connectivity index is 2.01. The number of fused-ring (bicyclic) bond motifs is 1. The maximum Gasteiger partial charge on any atom is 0.257 e. The fourth-order valence-corrected chi connectivity index (χ4v) is 3.31. The van der Waals surface area contributed by atoms with E-state index in [0.29, 0.717) is 17.7 Å². The first kappa shape index (κ1) is 18.7. The van der Waals surface area contributed by atoms with E-state index in [1.54, 1.807) is 13.3 Å². The van der Waals surface area contributed by atoms with Crippen LogP contribution < -0.4 is 15.5 Å². The molecule has 1 heterocycles. The minimum atomic E-state index is -0.385. The van der Waals surface area contributed by atoms with Gasteiger partial charge in [-0.05, 0) is 39.0 Å². The molecule has 27 heavy (non-hydrogen) atoms. The number of para-hydroxylation sites is 1. The number of pyridine rings is 1. The van der Waals surface area contributed by atoms with Gasteiger partial charge >= 0.3 is 0 Å². The molecule has 1 N–H and O–H groups in total. The molecule has 5 nitrogen and oxygen atoms in total. The second-order valence-electron chi connectivity index (χ2n) is 6.62. The summed E-state index contributed by atoms with van der Waals surface area (Å²) in [5, 5.41) is 3.49. The first-order chi connectivity index (χ1) is 13.0. The van der Waals surface area contributed by atoms with Crippen LogP contribution >= 0.6 is 0 Å². The molecule has 3 aromatic rings. The average molecular weight is 364 g/mol. The molecule has 1 unspecified atom stereocenters. The third-order valence-corrected chi connectivity index (χ3v) is 4.77. The smallest absolute Gasteiger partial charge is 0.257 e. The van der Waals surface area contributed by atoms with Gasteiger partial charge in [-0.1, -0.05) is 29.8 Å². The van der Waals surface area contributed by atoms with Crippen molar-refractivity contribution in [2.24, 2.45) is 0 Å². The molecule has 0 aliphatic rings. The topological polar surface area (TPSA) is 60.3 Å². The number of carbonyl (C=O) groups excluding carboxylic acids is 1. The maximum atomic E-state index is 12.9. The van der Waals surface area contributed by atoms with Gasteiger partial charge in [-0.3, -0.25) is 9.59 Å². The van der Waals surface area contributed by atoms with Gasteiger partial charge in [-0.25, -0.2) is 0 Å². The van der Waals surface area contributed by atoms with Gasteiger partial charge < -0.3 is 14.6 Å². The van der Waals surface area contributed by atoms with Crippen molar-refractivity contribution >= 4 is 16.8 Å². The van der Waals surface area contributed by atoms with Gasteiger partial charge in [0, 0.05) is 23.7 Å². The van der Waals surface area contributed by atoms with E-state index in [-0.39, 0.29) is 22.9 Å². The summed E-state index contributed by atoms with van der Waals surface area (Å²) >= 11 is 0. The minimum absolute atomic E-state index is 0.150. The van der Waals surface area contributed by atoms with Crippen molar-refractivity contribution in [1.29, 1.82) is 0 Å². The molecule has 1 atom stereocenters. The number of hydrogen-bond donors (Lipinski definition) is 1. The standard InChI is InChI=1S/C22H24N2O3/c1-5-24-13-18(21(25)17-12-14(2)10-11-19(17)24)22(26)23-15(3)16-8-6-7-9-20(16)27-4/h6-13,15H,5H2,1-4H3,(H,23,26). The molecule has 0 saturated carbocycles. The van der Waals surface area contributed by atoms with Crippen LogP contribution in [0.25, 0.3) is 10.9 Å². The summed E-state index contributed by atoms with van der Waals surface area (Å²) in [5.74, 6) is 0.314. The van der Waals surface area contributed by atoms with Crippen LogP contribution in [-0.2, 0) is 6.54 Å². The Morgan fingerprint density at radius 1 is 1.22 bits per heavy atom. The Hall–Kier alpha value is -3.08. The molecule has 0 aliphatic heterocycles. The highest BCUT2D eigenvalue weighted by Gasteiger charge is 2.19. The van der Waals surface area contributed by atoms with Crippen molar-refractivity contribution in [2.75, 3.05) is 7.11 Å². The largest absolute Gasteiger partial charge is 0.496 e. The fourth-order valence-electron chi connectivity index (χ4n) is 3.31. The van der Waals surface area contributed by atoms with E-state index in [0.717, 1.165) is 16.6 Å². The van der Waals surface area contributed by atoms with Gasteiger partial charge in [-0.15, -0.1) is 0 Å². The summed E-state index contributed by atoms with van der Waals surface area (Å²) in [6.07, 6.45) is 1.64. The molecule has 2 aromatic carbocycles. The number of benzene rings is 2. The van der Waals surface area contributed by atoms with Gasteiger partial charge in [0.05, 0.1) is 18.7 Å². The lowest BCUT2D eigenvalue weighted by atomic mass is 10.1. The number of carbonyl (C=O) groups is 1. The van der Waals surface area contributed by atoms with Crippen LogP contribution in [-0.4, -0.2) is 17.6 Å². The highest BCUT2D eigenvalue weighted by molar-refractivity contribution is 5.97. The average Bonchev–Trinajstić information content (AvgIpc) is 2.68. The zero-order valence-corrected chi connectivity index (χ0v) is 16.1. The van der Waals surface area contributed by atoms with Crippen molar-refractivity contribution in [2.45, 2.75) is 33.4 Å². The number of methoxy groups -OCH3 is 1. The monoisotopic (exact) mass is 364 g/mol. The molecular weight excluding hydrogens is 340 g/mol. The number of aryl methyl sites for hydroxylation is 2. The first-order valence-electron chi connectivity index (χ1n) is 9.03. The highest BCUT2D eigenvalue weighted by atomic mass is 16.5. The Bertz CT molecular complexity index is 1050. The van der Waals surface area contributed by atoms with E-state index >= 15 is 0 Å². The number of aromatic nitrogens is 1. The predicted octanol–water partition coefficient (Wildman–Crippen LogP) is 3.83. The van der Waals surface area contributed by atoms with Gasteiger partial charge in [0.1, 0.15) is 11.3 Å². The molecule has 140 valence electrons. The molecule has 0 spiro atoms. The number of hydrogen-bond acceptors (Lipinski definition) is 3. The van der Waals surface area contributed by atoms with Crippen molar-refractivity contribution < 1.29 is 9.53 Å². The summed E-state index contributed by atoms with van der Waals surface area (Å²) in [7, 11) is 1.60. The van der Waals surface area contributed by atoms with Gasteiger partial charge in [0.15, 0.2) is 0 Å². The summed E-state index contributed by atoms with van der Waals surface area (Å²) in [6, 6.07) is 13.0. The summed E-state index contributed by atoms with van der Waals surface area (Å²) in [4.78, 5) is 25.8. The Kier molecular flexibility index (Phi) is 5.31. The molecule has 0 saturated heterocycles. The molecule has 3 rings (SSSR count). The van der Waals surface area contributed by atoms with Crippen LogP contribution in [0.5, 0.6) is 5.75 Å². The van der Waals surface area contributed by atoms with Gasteiger partial charge in [0.2, 0.25) is 5.43 Å². The summed E-state index contributed by atoms with van der Waals surface area (Å²) < 4.78 is 7.30. The van der Waals surface area contributed by atoms with E-state index in [9.17, 15) is 9.59 Å². The zero-order valence-electron chi connectivity index (χ0n) is 16.1. The van der Waals surface area contributed by atoms with E-state index in [2.05, 4.69) is 5.32 Å². The molecule has 1 amide bonds. The van der Waals surface area contributed by atoms with Gasteiger partial charge in [-0.2, -0.15) is 0 Å². The zero-order chi connectivity index (χ0) is 19.6. The minimum Gasteiger partial charge on any atom is -0.496 e. The Morgan fingerprint density at radius 3 is 2.67 bits per heavy atom. The van der Waals surface area contributed by atoms with Crippen LogP contribution in [0.4, 0.5) is 0 Å². The lowest BCUT2D eigenvalue weighted by Gasteiger charge is -2.18. The number of ether oxygens (including phenoxy) is 1. The SMILES string of the molecule is CCn1cc(C(=O)NC(C)c2ccccc2OC)c(=O)c2cc(C)ccc21. The van der Waals surface area contributed by atoms with Crippen molar-refractivity contribution in [1.82, 2.24) is 9.88 Å². The molecule has 0 aliphatic carbocycles. The third kappa shape index (κ3) is 3.58. The van der Waals surface area contributed by atoms with Crippen molar-refractivity contribution in [3.05, 3.63) is 75.6 Å². The predicted molar refractivity (Wildman–Crippen MR) is 107 cm³/mol. The number of nitrogens with one attached hydrogen (secondary N) is 1. The van der Waals surface area contributed by atoms with E-state index < -0.39 is 0 Å². The molecule has 1 aromatic heterocycles. The van der Waals surface area contributed by atoms with E-state index in [4.69, 9.17) is 4.74 Å². The Labute approximate surface area is 158 Å². The van der Waals surface area contributed by atoms with Crippen LogP contribution in [0.1, 0.15) is 41.4 Å². The van der Waals surface area contributed by atoms with Gasteiger partial charge in [0.25, 0.3) is 5.91 Å². The van der Waals surface area contributed by atoms with Crippen LogP contribution in [0, 0.1) is 6.92 Å². The van der Waals surface area contributed by atoms with Crippen LogP contribution in [0.2, 0.25) is 0 Å². The quantitative estimate of drug-likeness (QED) is 0.748. The van der Waals surface area contributed by atoms with E-state index in [1.807, 2.05) is 67.8 Å². The summed E-state index contributed by atoms with van der Waals surface area (Å²) in [6.45, 7) is 6.47. The van der Waals surface area contributed by atoms with Crippen LogP contribution in [0.15, 0.2) is 53.5 Å². The summed E-state index contributed by atoms with van der Waals surface area (Å²) in [5.41, 5.74) is 2.59. The lowest BCUT2D eigenvalue weighted by molar-refractivity contribution is 0.0938. The van der Waals surface area contributed by atoms with Crippen molar-refractivity contribution in [3.8, 4) is 5.75 Å². The lowest BCUT2D eigenvalue weighted by Crippen LogP contribution is -2.32. The van der Waals surface area contributed by atoms with Crippen molar-refractivity contribution in [3.63, 3.8) is 0 Å². The normalized spacial score (nSPS) is 12.0. The first-order valence-corrected chi connectivity index (χ1v) is 9.03. The molecule has 0 bridgehead atoms. The Morgan fingerprint density at radius 2 is 1.96 bits per heavy atom. The fraction of sp³-hybridized carbons (Fsp3) is 0.273. The van der Waals surface area contributed by atoms with Crippen LogP contribution in [0.3, 0.4) is 0 Å². The molecule has 0 fully saturated rings. The number of nitrogens with zero attached hydrogens (tertiary/aromatic N) is 1. The molecule has 0 radical (unpaired) electrons.